The van der Waals surface area contributed by atoms with E-state index in [-0.39, 0.29) is 23.7 Å². The number of nitrogens with two attached hydrogens (primary N) is 1. The average Bonchev–Trinajstić information content (AvgIpc) is 2.81. The van der Waals surface area contributed by atoms with Crippen LogP contribution >= 0.6 is 0 Å². The van der Waals surface area contributed by atoms with Crippen LogP contribution in [-0.4, -0.2) is 29.6 Å². The predicted molar refractivity (Wildman–Crippen MR) is 68.1 cm³/mol. The van der Waals surface area contributed by atoms with Crippen LogP contribution < -0.4 is 9.88 Å². The molecule has 1 heterocycles. The molecule has 0 saturated heterocycles. The molecular formula is C11H11N3O6S. The molecule has 0 aliphatic heterocycles. The summed E-state index contributed by atoms with van der Waals surface area (Å²) in [6.07, 6.45) is 0. The van der Waals surface area contributed by atoms with Crippen LogP contribution in [0.1, 0.15) is 22.1 Å². The van der Waals surface area contributed by atoms with Crippen LogP contribution in [0, 0.1) is 6.92 Å². The summed E-state index contributed by atoms with van der Waals surface area (Å²) in [6.45, 7) is 1.44. The fourth-order valence-electron chi connectivity index (χ4n) is 1.52. The van der Waals surface area contributed by atoms with E-state index >= 15 is 0 Å². The minimum absolute atomic E-state index is 0.0926. The monoisotopic (exact) mass is 313 g/mol. The molecule has 0 spiro atoms. The molecule has 0 bridgehead atoms. The third kappa shape index (κ3) is 3.55. The number of hydrogen-bond donors (Lipinski definition) is 2. The van der Waals surface area contributed by atoms with Gasteiger partial charge in [-0.1, -0.05) is 5.16 Å². The van der Waals surface area contributed by atoms with Crippen molar-refractivity contribution in [2.75, 3.05) is 0 Å². The molecule has 0 saturated carbocycles. The van der Waals surface area contributed by atoms with Crippen molar-refractivity contribution < 1.29 is 27.6 Å². The minimum Gasteiger partial charge on any atom is -0.484 e. The van der Waals surface area contributed by atoms with Gasteiger partial charge in [-0.15, -0.1) is 0 Å². The highest BCUT2D eigenvalue weighted by Gasteiger charge is 2.19. The lowest BCUT2D eigenvalue weighted by molar-refractivity contribution is 0.0696. The van der Waals surface area contributed by atoms with E-state index in [1.54, 1.807) is 6.92 Å². The standard InChI is InChI=1S/C11H11N3O6S/c1-6-13-10(14-20-6)5-19-8-3-2-7(11(15)16)4-9(8)21(12,17)18/h2-4H,5H2,1H3,(H,15,16)(H2,12,17,18). The van der Waals surface area contributed by atoms with Crippen molar-refractivity contribution in [2.45, 2.75) is 18.4 Å². The summed E-state index contributed by atoms with van der Waals surface area (Å²) >= 11 is 0. The highest BCUT2D eigenvalue weighted by molar-refractivity contribution is 7.89. The third-order valence-electron chi connectivity index (χ3n) is 2.42. The molecule has 0 amide bonds. The minimum atomic E-state index is -4.14. The SMILES string of the molecule is Cc1nc(COc2ccc(C(=O)O)cc2S(N)(=O)=O)no1. The van der Waals surface area contributed by atoms with Gasteiger partial charge in [0.25, 0.3) is 0 Å². The molecule has 0 fully saturated rings. The van der Waals surface area contributed by atoms with Crippen LogP contribution in [-0.2, 0) is 16.6 Å². The second kappa shape index (κ2) is 5.50. The summed E-state index contributed by atoms with van der Waals surface area (Å²) in [4.78, 5) is 14.3. The topological polar surface area (TPSA) is 146 Å². The van der Waals surface area contributed by atoms with Crippen LogP contribution in [0.25, 0.3) is 0 Å². The summed E-state index contributed by atoms with van der Waals surface area (Å²) in [5, 5.41) is 17.5. The number of carbonyl (C=O) groups is 1. The fourth-order valence-corrected chi connectivity index (χ4v) is 2.22. The van der Waals surface area contributed by atoms with Gasteiger partial charge in [0.1, 0.15) is 10.6 Å². The Morgan fingerprint density at radius 3 is 2.71 bits per heavy atom. The summed E-state index contributed by atoms with van der Waals surface area (Å²) in [7, 11) is -4.14. The van der Waals surface area contributed by atoms with Crippen LogP contribution in [0.3, 0.4) is 0 Å². The van der Waals surface area contributed by atoms with Crippen molar-refractivity contribution in [1.82, 2.24) is 10.1 Å². The first-order valence-corrected chi connectivity index (χ1v) is 7.14. The van der Waals surface area contributed by atoms with Crippen molar-refractivity contribution in [1.29, 1.82) is 0 Å². The number of nitrogens with zero attached hydrogens (tertiary/aromatic N) is 2. The molecule has 9 nitrogen and oxygen atoms in total. The van der Waals surface area contributed by atoms with Gasteiger partial charge in [0.15, 0.2) is 6.61 Å². The normalized spacial score (nSPS) is 11.3. The van der Waals surface area contributed by atoms with Gasteiger partial charge in [-0.3, -0.25) is 0 Å². The van der Waals surface area contributed by atoms with Gasteiger partial charge >= 0.3 is 5.97 Å². The highest BCUT2D eigenvalue weighted by Crippen LogP contribution is 2.25. The molecule has 1 aromatic carbocycles. The van der Waals surface area contributed by atoms with Gasteiger partial charge in [-0.2, -0.15) is 4.98 Å². The maximum atomic E-state index is 11.5. The zero-order valence-electron chi connectivity index (χ0n) is 10.8. The summed E-state index contributed by atoms with van der Waals surface area (Å²) in [6, 6.07) is 3.33. The Labute approximate surface area is 119 Å². The number of aromatic carboxylic acids is 1. The first kappa shape index (κ1) is 14.9. The predicted octanol–water partition coefficient (Wildman–Crippen LogP) is 0.303. The van der Waals surface area contributed by atoms with E-state index in [0.29, 0.717) is 5.89 Å². The Morgan fingerprint density at radius 1 is 1.48 bits per heavy atom. The number of aromatic nitrogens is 2. The molecule has 10 heteroatoms. The van der Waals surface area contributed by atoms with E-state index in [4.69, 9.17) is 19.5 Å². The first-order chi connectivity index (χ1) is 9.77. The lowest BCUT2D eigenvalue weighted by Crippen LogP contribution is -2.15. The summed E-state index contributed by atoms with van der Waals surface area (Å²) in [5.74, 6) is -0.818. The van der Waals surface area contributed by atoms with Crippen LogP contribution in [0.15, 0.2) is 27.6 Å². The van der Waals surface area contributed by atoms with E-state index < -0.39 is 20.9 Å². The summed E-state index contributed by atoms with van der Waals surface area (Å²) in [5.41, 5.74) is -0.221. The van der Waals surface area contributed by atoms with Crippen molar-refractivity contribution in [3.63, 3.8) is 0 Å². The molecule has 3 N–H and O–H groups in total. The fraction of sp³-hybridized carbons (Fsp3) is 0.182. The number of sulfonamides is 1. The van der Waals surface area contributed by atoms with Gasteiger partial charge in [0.05, 0.1) is 5.56 Å². The van der Waals surface area contributed by atoms with Gasteiger partial charge in [0, 0.05) is 6.92 Å². The smallest absolute Gasteiger partial charge is 0.335 e. The zero-order valence-corrected chi connectivity index (χ0v) is 11.6. The molecule has 0 atom stereocenters. The second-order valence-corrected chi connectivity index (χ2v) is 5.56. The zero-order chi connectivity index (χ0) is 15.6. The molecule has 0 radical (unpaired) electrons. The largest absolute Gasteiger partial charge is 0.484 e. The average molecular weight is 313 g/mol. The molecule has 0 unspecified atom stereocenters. The number of hydrogen-bond acceptors (Lipinski definition) is 7. The summed E-state index contributed by atoms with van der Waals surface area (Å²) < 4.78 is 33.0. The number of primary sulfonamides is 1. The van der Waals surface area contributed by atoms with Crippen LogP contribution in [0.2, 0.25) is 0 Å². The number of aryl methyl sites for hydroxylation is 1. The molecule has 0 aliphatic rings. The lowest BCUT2D eigenvalue weighted by Gasteiger charge is -2.09. The molecule has 0 aliphatic carbocycles. The maximum absolute atomic E-state index is 11.5. The van der Waals surface area contributed by atoms with E-state index in [0.717, 1.165) is 6.07 Å². The van der Waals surface area contributed by atoms with Crippen LogP contribution in [0.4, 0.5) is 0 Å². The van der Waals surface area contributed by atoms with Crippen molar-refractivity contribution in [3.05, 3.63) is 35.5 Å². The number of rotatable bonds is 5. The van der Waals surface area contributed by atoms with E-state index in [1.165, 1.54) is 12.1 Å². The number of ether oxygens (including phenoxy) is 1. The quantitative estimate of drug-likeness (QED) is 0.801. The van der Waals surface area contributed by atoms with Gasteiger partial charge < -0.3 is 14.4 Å². The molecule has 21 heavy (non-hydrogen) atoms. The van der Waals surface area contributed by atoms with Crippen molar-refractivity contribution in [2.24, 2.45) is 5.14 Å². The molecule has 1 aromatic heterocycles. The Morgan fingerprint density at radius 2 is 2.19 bits per heavy atom. The van der Waals surface area contributed by atoms with Gasteiger partial charge in [-0.05, 0) is 18.2 Å². The third-order valence-corrected chi connectivity index (χ3v) is 3.36. The number of carboxylic acid groups (broad SMARTS) is 1. The highest BCUT2D eigenvalue weighted by atomic mass is 32.2. The number of carboxylic acids is 1. The lowest BCUT2D eigenvalue weighted by atomic mass is 10.2. The second-order valence-electron chi connectivity index (χ2n) is 4.03. The molecule has 112 valence electrons. The Bertz CT molecular complexity index is 783. The molecule has 2 aromatic rings. The number of benzene rings is 1. The van der Waals surface area contributed by atoms with E-state index in [1.807, 2.05) is 0 Å². The maximum Gasteiger partial charge on any atom is 0.335 e. The van der Waals surface area contributed by atoms with Gasteiger partial charge in [0.2, 0.25) is 21.7 Å². The van der Waals surface area contributed by atoms with E-state index in [2.05, 4.69) is 10.1 Å². The Hall–Kier alpha value is -2.46. The Kier molecular flexibility index (Phi) is 3.91. The van der Waals surface area contributed by atoms with Gasteiger partial charge in [-0.25, -0.2) is 18.4 Å². The Balaban J connectivity index is 2.32. The first-order valence-electron chi connectivity index (χ1n) is 5.59. The molecular weight excluding hydrogens is 302 g/mol. The molecule has 2 rings (SSSR count). The van der Waals surface area contributed by atoms with E-state index in [9.17, 15) is 13.2 Å². The van der Waals surface area contributed by atoms with Crippen LogP contribution in [0.5, 0.6) is 5.75 Å². The van der Waals surface area contributed by atoms with Crippen molar-refractivity contribution in [3.8, 4) is 5.75 Å². The van der Waals surface area contributed by atoms with Crippen molar-refractivity contribution >= 4 is 16.0 Å².